The van der Waals surface area contributed by atoms with Crippen molar-refractivity contribution in [3.8, 4) is 5.69 Å². The molecule has 2 heterocycles. The van der Waals surface area contributed by atoms with E-state index in [9.17, 15) is 0 Å². The third-order valence-electron chi connectivity index (χ3n) is 3.67. The van der Waals surface area contributed by atoms with Gasteiger partial charge in [-0.3, -0.25) is 0 Å². The fourth-order valence-corrected chi connectivity index (χ4v) is 2.45. The van der Waals surface area contributed by atoms with E-state index in [0.717, 1.165) is 37.6 Å². The maximum atomic E-state index is 5.51. The summed E-state index contributed by atoms with van der Waals surface area (Å²) in [5.74, 6) is 0.597. The Bertz CT molecular complexity index is 549. The lowest BCUT2D eigenvalue weighted by Gasteiger charge is -2.23. The van der Waals surface area contributed by atoms with Gasteiger partial charge in [-0.15, -0.1) is 5.10 Å². The van der Waals surface area contributed by atoms with Gasteiger partial charge in [0.15, 0.2) is 0 Å². The lowest BCUT2D eigenvalue weighted by molar-refractivity contribution is 0.0595. The highest BCUT2D eigenvalue weighted by atomic mass is 16.5. The van der Waals surface area contributed by atoms with Gasteiger partial charge in [-0.1, -0.05) is 6.07 Å². The van der Waals surface area contributed by atoms with Gasteiger partial charge in [-0.25, -0.2) is 4.68 Å². The molecule has 1 aromatic heterocycles. The van der Waals surface area contributed by atoms with Gasteiger partial charge in [-0.05, 0) is 53.8 Å². The van der Waals surface area contributed by atoms with Crippen LogP contribution in [-0.2, 0) is 4.74 Å². The van der Waals surface area contributed by atoms with Crippen molar-refractivity contribution in [1.82, 2.24) is 20.2 Å². The molecular formula is C14H19N5O. The second kappa shape index (κ2) is 6.00. The third kappa shape index (κ3) is 2.96. The first kappa shape index (κ1) is 13.1. The van der Waals surface area contributed by atoms with E-state index in [1.165, 1.54) is 12.0 Å². The number of benzene rings is 1. The molecule has 0 amide bonds. The molecule has 3 rings (SSSR count). The van der Waals surface area contributed by atoms with Crippen LogP contribution < -0.4 is 5.32 Å². The monoisotopic (exact) mass is 273 g/mol. The molecule has 2 aromatic rings. The van der Waals surface area contributed by atoms with Gasteiger partial charge in [0.2, 0.25) is 0 Å². The number of nitrogens with zero attached hydrogens (tertiary/aromatic N) is 4. The Morgan fingerprint density at radius 2 is 2.40 bits per heavy atom. The van der Waals surface area contributed by atoms with Crippen LogP contribution in [-0.4, -0.2) is 40.0 Å². The van der Waals surface area contributed by atoms with Crippen LogP contribution in [0.2, 0.25) is 0 Å². The Kier molecular flexibility index (Phi) is 3.92. The van der Waals surface area contributed by atoms with E-state index < -0.39 is 0 Å². The topological polar surface area (TPSA) is 64.9 Å². The SMILES string of the molecule is Cc1ccc(-n2cnnn2)cc1NCC1CCCOC1. The normalized spacial score (nSPS) is 18.9. The zero-order valence-electron chi connectivity index (χ0n) is 11.6. The molecule has 0 bridgehead atoms. The molecule has 6 heteroatoms. The van der Waals surface area contributed by atoms with Crippen LogP contribution in [0.1, 0.15) is 18.4 Å². The summed E-state index contributed by atoms with van der Waals surface area (Å²) in [5, 5.41) is 14.8. The van der Waals surface area contributed by atoms with E-state index in [2.05, 4.69) is 39.9 Å². The molecule has 6 nitrogen and oxygen atoms in total. The fraction of sp³-hybridized carbons (Fsp3) is 0.500. The second-order valence-corrected chi connectivity index (χ2v) is 5.22. The van der Waals surface area contributed by atoms with E-state index in [1.54, 1.807) is 11.0 Å². The first-order valence-electron chi connectivity index (χ1n) is 6.98. The third-order valence-corrected chi connectivity index (χ3v) is 3.67. The highest BCUT2D eigenvalue weighted by Crippen LogP contribution is 2.21. The van der Waals surface area contributed by atoms with Crippen LogP contribution in [0.5, 0.6) is 0 Å². The molecule has 1 saturated heterocycles. The molecule has 1 aromatic carbocycles. The van der Waals surface area contributed by atoms with Crippen molar-refractivity contribution in [2.24, 2.45) is 5.92 Å². The summed E-state index contributed by atoms with van der Waals surface area (Å²) < 4.78 is 7.17. The Hall–Kier alpha value is -1.95. The highest BCUT2D eigenvalue weighted by Gasteiger charge is 2.14. The number of anilines is 1. The number of rotatable bonds is 4. The molecule has 106 valence electrons. The Morgan fingerprint density at radius 3 is 3.15 bits per heavy atom. The Labute approximate surface area is 118 Å². The van der Waals surface area contributed by atoms with Crippen molar-refractivity contribution in [1.29, 1.82) is 0 Å². The van der Waals surface area contributed by atoms with E-state index >= 15 is 0 Å². The maximum Gasteiger partial charge on any atom is 0.143 e. The summed E-state index contributed by atoms with van der Waals surface area (Å²) in [7, 11) is 0. The minimum absolute atomic E-state index is 0.597. The van der Waals surface area contributed by atoms with Gasteiger partial charge in [0.1, 0.15) is 6.33 Å². The van der Waals surface area contributed by atoms with Crippen LogP contribution >= 0.6 is 0 Å². The van der Waals surface area contributed by atoms with Crippen LogP contribution in [0.3, 0.4) is 0 Å². The van der Waals surface area contributed by atoms with E-state index in [0.29, 0.717) is 5.92 Å². The molecule has 1 atom stereocenters. The predicted octanol–water partition coefficient (Wildman–Crippen LogP) is 1.81. The molecule has 0 spiro atoms. The quantitative estimate of drug-likeness (QED) is 0.920. The molecule has 0 radical (unpaired) electrons. The number of hydrogen-bond acceptors (Lipinski definition) is 5. The summed E-state index contributed by atoms with van der Waals surface area (Å²) >= 11 is 0. The predicted molar refractivity (Wildman–Crippen MR) is 75.9 cm³/mol. The van der Waals surface area contributed by atoms with Crippen molar-refractivity contribution in [3.05, 3.63) is 30.1 Å². The van der Waals surface area contributed by atoms with Gasteiger partial charge in [0.05, 0.1) is 12.3 Å². The van der Waals surface area contributed by atoms with Crippen LogP contribution in [0.15, 0.2) is 24.5 Å². The molecule has 1 N–H and O–H groups in total. The summed E-state index contributed by atoms with van der Waals surface area (Å²) in [4.78, 5) is 0. The number of hydrogen-bond donors (Lipinski definition) is 1. The van der Waals surface area contributed by atoms with Gasteiger partial charge in [0, 0.05) is 18.8 Å². The standard InChI is InChI=1S/C14H19N5O/c1-11-4-5-13(19-10-16-17-18-19)7-14(11)15-8-12-3-2-6-20-9-12/h4-5,7,10,12,15H,2-3,6,8-9H2,1H3. The summed E-state index contributed by atoms with van der Waals surface area (Å²) in [5.41, 5.74) is 3.31. The second-order valence-electron chi connectivity index (χ2n) is 5.22. The first-order chi connectivity index (χ1) is 9.83. The van der Waals surface area contributed by atoms with E-state index in [4.69, 9.17) is 4.74 Å². The van der Waals surface area contributed by atoms with Crippen molar-refractivity contribution >= 4 is 5.69 Å². The van der Waals surface area contributed by atoms with Crippen LogP contribution in [0, 0.1) is 12.8 Å². The zero-order valence-corrected chi connectivity index (χ0v) is 11.6. The van der Waals surface area contributed by atoms with Crippen molar-refractivity contribution < 1.29 is 4.74 Å². The number of ether oxygens (including phenoxy) is 1. The van der Waals surface area contributed by atoms with Crippen molar-refractivity contribution in [2.75, 3.05) is 25.1 Å². The van der Waals surface area contributed by atoms with Gasteiger partial charge in [-0.2, -0.15) is 0 Å². The molecule has 1 unspecified atom stereocenters. The zero-order chi connectivity index (χ0) is 13.8. The highest BCUT2D eigenvalue weighted by molar-refractivity contribution is 5.56. The summed E-state index contributed by atoms with van der Waals surface area (Å²) in [6.45, 7) is 4.81. The maximum absolute atomic E-state index is 5.51. The summed E-state index contributed by atoms with van der Waals surface area (Å²) in [6.07, 6.45) is 4.00. The van der Waals surface area contributed by atoms with Gasteiger partial charge in [0.25, 0.3) is 0 Å². The fourth-order valence-electron chi connectivity index (χ4n) is 2.45. The minimum Gasteiger partial charge on any atom is -0.384 e. The van der Waals surface area contributed by atoms with Gasteiger partial charge >= 0.3 is 0 Å². The van der Waals surface area contributed by atoms with E-state index in [-0.39, 0.29) is 0 Å². The lowest BCUT2D eigenvalue weighted by atomic mass is 10.0. The van der Waals surface area contributed by atoms with Crippen LogP contribution in [0.4, 0.5) is 5.69 Å². The molecule has 1 fully saturated rings. The van der Waals surface area contributed by atoms with E-state index in [1.807, 2.05) is 6.07 Å². The number of tetrazole rings is 1. The smallest absolute Gasteiger partial charge is 0.143 e. The Morgan fingerprint density at radius 1 is 1.45 bits per heavy atom. The molecule has 0 aliphatic carbocycles. The van der Waals surface area contributed by atoms with Gasteiger partial charge < -0.3 is 10.1 Å². The molecular weight excluding hydrogens is 254 g/mol. The average Bonchev–Trinajstić information content (AvgIpc) is 3.02. The number of nitrogens with one attached hydrogen (secondary N) is 1. The van der Waals surface area contributed by atoms with Crippen molar-refractivity contribution in [3.63, 3.8) is 0 Å². The average molecular weight is 273 g/mol. The Balaban J connectivity index is 1.70. The molecule has 1 aliphatic rings. The molecule has 0 saturated carbocycles. The first-order valence-corrected chi connectivity index (χ1v) is 6.98. The van der Waals surface area contributed by atoms with Crippen molar-refractivity contribution in [2.45, 2.75) is 19.8 Å². The van der Waals surface area contributed by atoms with Crippen LogP contribution in [0.25, 0.3) is 5.69 Å². The molecule has 1 aliphatic heterocycles. The summed E-state index contributed by atoms with van der Waals surface area (Å²) in [6, 6.07) is 6.17. The number of aryl methyl sites for hydroxylation is 1. The molecule has 20 heavy (non-hydrogen) atoms. The lowest BCUT2D eigenvalue weighted by Crippen LogP contribution is -2.24. The largest absolute Gasteiger partial charge is 0.384 e. The minimum atomic E-state index is 0.597. The number of aromatic nitrogens is 4.